The lowest BCUT2D eigenvalue weighted by atomic mass is 9.93. The Labute approximate surface area is 170 Å². The van der Waals surface area contributed by atoms with E-state index < -0.39 is 23.8 Å². The molecular weight excluding hydrogens is 407 g/mol. The number of rotatable bonds is 4. The molecule has 28 heavy (non-hydrogen) atoms. The molecule has 2 heterocycles. The summed E-state index contributed by atoms with van der Waals surface area (Å²) in [6.07, 6.45) is -1.06. The molecule has 0 saturated carbocycles. The Balaban J connectivity index is 1.76. The minimum absolute atomic E-state index is 0.187. The summed E-state index contributed by atoms with van der Waals surface area (Å²) in [5, 5.41) is 4.58. The number of para-hydroxylation sites is 1. The van der Waals surface area contributed by atoms with Gasteiger partial charge in [-0.1, -0.05) is 34.4 Å². The molecule has 2 aromatic rings. The topological polar surface area (TPSA) is 77.4 Å². The molecule has 4 rings (SSSR count). The molecule has 9 heteroatoms. The number of hydrogen-bond donors (Lipinski definition) is 0. The highest BCUT2D eigenvalue weighted by Crippen LogP contribution is 2.41. The second kappa shape index (κ2) is 7.00. The number of imide groups is 1. The van der Waals surface area contributed by atoms with E-state index in [2.05, 4.69) is 5.16 Å². The first-order valence-corrected chi connectivity index (χ1v) is 9.01. The van der Waals surface area contributed by atoms with Gasteiger partial charge in [0.2, 0.25) is 12.0 Å². The van der Waals surface area contributed by atoms with Crippen LogP contribution < -0.4 is 14.4 Å². The lowest BCUT2D eigenvalue weighted by molar-refractivity contribution is -0.126. The number of oxime groups is 1. The number of nitrogens with zero attached hydrogens (tertiary/aromatic N) is 2. The minimum Gasteiger partial charge on any atom is -0.493 e. The quantitative estimate of drug-likeness (QED) is 0.709. The van der Waals surface area contributed by atoms with Crippen LogP contribution in [0.2, 0.25) is 10.0 Å². The zero-order chi connectivity index (χ0) is 20.0. The number of carbonyl (C=O) groups is 2. The molecule has 0 radical (unpaired) electrons. The van der Waals surface area contributed by atoms with Gasteiger partial charge in [-0.05, 0) is 30.3 Å². The fraction of sp³-hybridized carbons (Fsp3) is 0.211. The Kier molecular flexibility index (Phi) is 4.64. The predicted octanol–water partition coefficient (Wildman–Crippen LogP) is 3.30. The van der Waals surface area contributed by atoms with E-state index in [0.717, 1.165) is 4.90 Å². The molecule has 0 aliphatic carbocycles. The molecule has 2 unspecified atom stereocenters. The molecule has 2 aliphatic heterocycles. The van der Waals surface area contributed by atoms with Crippen molar-refractivity contribution in [2.45, 2.75) is 6.10 Å². The first kappa shape index (κ1) is 18.6. The Bertz CT molecular complexity index is 1020. The smallest absolute Gasteiger partial charge is 0.279 e. The van der Waals surface area contributed by atoms with E-state index >= 15 is 0 Å². The van der Waals surface area contributed by atoms with Crippen molar-refractivity contribution in [2.24, 2.45) is 11.1 Å². The number of methoxy groups -OCH3 is 2. The van der Waals surface area contributed by atoms with Crippen LogP contribution in [0.15, 0.2) is 41.6 Å². The van der Waals surface area contributed by atoms with Crippen LogP contribution in [0.1, 0.15) is 5.56 Å². The maximum atomic E-state index is 13.2. The van der Waals surface area contributed by atoms with Gasteiger partial charge in [0.1, 0.15) is 11.6 Å². The molecule has 0 bridgehead atoms. The fourth-order valence-electron chi connectivity index (χ4n) is 3.39. The summed E-state index contributed by atoms with van der Waals surface area (Å²) < 4.78 is 10.7. The first-order valence-electron chi connectivity index (χ1n) is 8.26. The van der Waals surface area contributed by atoms with E-state index in [1.165, 1.54) is 26.4 Å². The molecule has 0 aromatic heterocycles. The molecule has 1 saturated heterocycles. The predicted molar refractivity (Wildman–Crippen MR) is 103 cm³/mol. The first-order chi connectivity index (χ1) is 13.5. The van der Waals surface area contributed by atoms with Crippen LogP contribution in [0.3, 0.4) is 0 Å². The third-order valence-corrected chi connectivity index (χ3v) is 5.18. The van der Waals surface area contributed by atoms with Crippen molar-refractivity contribution in [1.29, 1.82) is 0 Å². The average molecular weight is 421 g/mol. The molecule has 1 fully saturated rings. The molecule has 7 nitrogen and oxygen atoms in total. The number of anilines is 1. The number of hydrogen-bond acceptors (Lipinski definition) is 6. The standard InChI is InChI=1S/C19H14Cl2N2O5/c1-26-13-5-3-4-10(16(13)27-2)15-14-17(28-22-15)19(25)23(18(14)24)12-7-6-9(20)8-11(12)21/h3-8,14,17H,1-2H3. The summed E-state index contributed by atoms with van der Waals surface area (Å²) >= 11 is 12.1. The number of amides is 2. The SMILES string of the molecule is COc1cccc(C2=NOC3C(=O)N(c4ccc(Cl)cc4Cl)C(=O)C23)c1OC. The molecule has 2 atom stereocenters. The van der Waals surface area contributed by atoms with Crippen LogP contribution in [0.25, 0.3) is 0 Å². The summed E-state index contributed by atoms with van der Waals surface area (Å²) in [7, 11) is 2.99. The zero-order valence-electron chi connectivity index (χ0n) is 14.8. The van der Waals surface area contributed by atoms with Crippen molar-refractivity contribution in [3.63, 3.8) is 0 Å². The minimum atomic E-state index is -1.06. The molecule has 2 aromatic carbocycles. The lowest BCUT2D eigenvalue weighted by Crippen LogP contribution is -2.33. The molecule has 0 N–H and O–H groups in total. The Hall–Kier alpha value is -2.77. The van der Waals surface area contributed by atoms with Crippen molar-refractivity contribution < 1.29 is 23.9 Å². The Morgan fingerprint density at radius 3 is 2.54 bits per heavy atom. The lowest BCUT2D eigenvalue weighted by Gasteiger charge is -2.17. The summed E-state index contributed by atoms with van der Waals surface area (Å²) in [4.78, 5) is 32.3. The van der Waals surface area contributed by atoms with Crippen molar-refractivity contribution in [1.82, 2.24) is 0 Å². The van der Waals surface area contributed by atoms with Crippen LogP contribution in [0, 0.1) is 5.92 Å². The van der Waals surface area contributed by atoms with Crippen molar-refractivity contribution in [2.75, 3.05) is 19.1 Å². The van der Waals surface area contributed by atoms with E-state index in [9.17, 15) is 9.59 Å². The summed E-state index contributed by atoms with van der Waals surface area (Å²) in [6, 6.07) is 9.72. The van der Waals surface area contributed by atoms with Crippen molar-refractivity contribution in [3.05, 3.63) is 52.0 Å². The number of fused-ring (bicyclic) bond motifs is 1. The highest BCUT2D eigenvalue weighted by Gasteiger charge is 2.57. The van der Waals surface area contributed by atoms with E-state index in [1.54, 1.807) is 24.3 Å². The molecule has 0 spiro atoms. The van der Waals surface area contributed by atoms with Crippen LogP contribution in [0.5, 0.6) is 11.5 Å². The summed E-state index contributed by atoms with van der Waals surface area (Å²) in [5.74, 6) is -1.07. The van der Waals surface area contributed by atoms with Crippen LogP contribution in [0.4, 0.5) is 5.69 Å². The molecule has 2 amide bonds. The average Bonchev–Trinajstić information content (AvgIpc) is 3.22. The fourth-order valence-corrected chi connectivity index (χ4v) is 3.88. The van der Waals surface area contributed by atoms with Gasteiger partial charge >= 0.3 is 0 Å². The molecule has 144 valence electrons. The third kappa shape index (κ3) is 2.70. The van der Waals surface area contributed by atoms with Gasteiger partial charge in [-0.25, -0.2) is 4.90 Å². The van der Waals surface area contributed by atoms with Crippen molar-refractivity contribution in [3.8, 4) is 11.5 Å². The number of benzene rings is 2. The maximum absolute atomic E-state index is 13.2. The molecular formula is C19H14Cl2N2O5. The second-order valence-electron chi connectivity index (χ2n) is 6.13. The zero-order valence-corrected chi connectivity index (χ0v) is 16.3. The van der Waals surface area contributed by atoms with Crippen LogP contribution in [-0.4, -0.2) is 37.8 Å². The number of ether oxygens (including phenoxy) is 2. The number of carbonyl (C=O) groups excluding carboxylic acids is 2. The summed E-state index contributed by atoms with van der Waals surface area (Å²) in [5.41, 5.74) is 1.06. The van der Waals surface area contributed by atoms with E-state index in [0.29, 0.717) is 27.8 Å². The van der Waals surface area contributed by atoms with E-state index in [1.807, 2.05) is 0 Å². The van der Waals surface area contributed by atoms with E-state index in [-0.39, 0.29) is 10.7 Å². The van der Waals surface area contributed by atoms with Crippen LogP contribution in [-0.2, 0) is 14.4 Å². The van der Waals surface area contributed by atoms with Gasteiger partial charge in [-0.15, -0.1) is 0 Å². The third-order valence-electron chi connectivity index (χ3n) is 4.64. The largest absolute Gasteiger partial charge is 0.493 e. The van der Waals surface area contributed by atoms with Gasteiger partial charge < -0.3 is 14.3 Å². The number of halogens is 2. The van der Waals surface area contributed by atoms with Gasteiger partial charge in [0.25, 0.3) is 5.91 Å². The monoisotopic (exact) mass is 420 g/mol. The highest BCUT2D eigenvalue weighted by molar-refractivity contribution is 6.40. The van der Waals surface area contributed by atoms with Gasteiger partial charge in [0.05, 0.1) is 24.9 Å². The highest BCUT2D eigenvalue weighted by atomic mass is 35.5. The van der Waals surface area contributed by atoms with E-state index in [4.69, 9.17) is 37.5 Å². The maximum Gasteiger partial charge on any atom is 0.279 e. The van der Waals surface area contributed by atoms with Crippen molar-refractivity contribution >= 4 is 46.4 Å². The molecule has 2 aliphatic rings. The van der Waals surface area contributed by atoms with Gasteiger partial charge in [-0.3, -0.25) is 9.59 Å². The summed E-state index contributed by atoms with van der Waals surface area (Å²) in [6.45, 7) is 0. The van der Waals surface area contributed by atoms with Gasteiger partial charge in [0, 0.05) is 10.6 Å². The van der Waals surface area contributed by atoms with Gasteiger partial charge in [0.15, 0.2) is 11.5 Å². The Morgan fingerprint density at radius 1 is 1.07 bits per heavy atom. The van der Waals surface area contributed by atoms with Gasteiger partial charge in [-0.2, -0.15) is 0 Å². The van der Waals surface area contributed by atoms with Crippen LogP contribution >= 0.6 is 23.2 Å². The Morgan fingerprint density at radius 2 is 1.86 bits per heavy atom. The normalized spacial score (nSPS) is 20.7. The second-order valence-corrected chi connectivity index (χ2v) is 6.97.